The predicted octanol–water partition coefficient (Wildman–Crippen LogP) is -0.145. The van der Waals surface area contributed by atoms with Gasteiger partial charge in [0.05, 0.1) is 11.3 Å². The van der Waals surface area contributed by atoms with Crippen molar-refractivity contribution in [2.75, 3.05) is 5.75 Å². The quantitative estimate of drug-likeness (QED) is 0.407. The van der Waals surface area contributed by atoms with Crippen LogP contribution in [-0.2, 0) is 7.05 Å². The normalized spacial score (nSPS) is 10.5. The summed E-state index contributed by atoms with van der Waals surface area (Å²) in [5.74, 6) is -0.978. The van der Waals surface area contributed by atoms with Crippen LogP contribution in [0.15, 0.2) is 32.9 Å². The highest BCUT2D eigenvalue weighted by Crippen LogP contribution is 2.24. The van der Waals surface area contributed by atoms with Crippen molar-refractivity contribution in [3.05, 3.63) is 44.5 Å². The number of benzene rings is 1. The smallest absolute Gasteiger partial charge is 0.339 e. The van der Waals surface area contributed by atoms with E-state index in [0.29, 0.717) is 0 Å². The van der Waals surface area contributed by atoms with E-state index < -0.39 is 16.9 Å². The number of Topliss-reactive ketones (excluding diaryl/α,β-unsaturated/α-hetero) is 1. The number of H-pyrrole nitrogens is 1. The predicted molar refractivity (Wildman–Crippen MR) is 74.9 cm³/mol. The third-order valence-corrected chi connectivity index (χ3v) is 3.59. The molecule has 0 spiro atoms. The lowest BCUT2D eigenvalue weighted by atomic mass is 10.1. The minimum absolute atomic E-state index is 0.0507. The summed E-state index contributed by atoms with van der Waals surface area (Å²) in [6.07, 6.45) is 0. The van der Waals surface area contributed by atoms with Crippen LogP contribution in [0.1, 0.15) is 10.4 Å². The van der Waals surface area contributed by atoms with Gasteiger partial charge in [0.15, 0.2) is 10.9 Å². The van der Waals surface area contributed by atoms with Crippen LogP contribution in [0.4, 0.5) is 0 Å². The van der Waals surface area contributed by atoms with Gasteiger partial charge in [0.1, 0.15) is 11.5 Å². The van der Waals surface area contributed by atoms with E-state index in [2.05, 4.69) is 10.1 Å². The molecule has 8 nitrogen and oxygen atoms in total. The number of aryl methyl sites for hydroxylation is 1. The van der Waals surface area contributed by atoms with E-state index in [9.17, 15) is 19.5 Å². The van der Waals surface area contributed by atoms with Gasteiger partial charge in [-0.05, 0) is 12.1 Å². The molecule has 0 amide bonds. The minimum Gasteiger partial charge on any atom is -0.508 e. The number of phenolic OH excluding ortho intramolecular Hbond substituents is 2. The molecule has 9 heteroatoms. The Labute approximate surface area is 122 Å². The second-order valence-corrected chi connectivity index (χ2v) is 5.06. The number of hydrogen-bond donors (Lipinski definition) is 3. The number of phenols is 2. The van der Waals surface area contributed by atoms with Crippen LogP contribution in [0.5, 0.6) is 11.5 Å². The summed E-state index contributed by atoms with van der Waals surface area (Å²) in [4.78, 5) is 37.7. The van der Waals surface area contributed by atoms with Crippen LogP contribution in [0.25, 0.3) is 0 Å². The van der Waals surface area contributed by atoms with Crippen LogP contribution < -0.4 is 11.1 Å². The summed E-state index contributed by atoms with van der Waals surface area (Å²) in [6, 6.07) is 3.64. The topological polar surface area (TPSA) is 125 Å². The summed E-state index contributed by atoms with van der Waals surface area (Å²) >= 11 is 0.944. The number of rotatable bonds is 4. The molecule has 110 valence electrons. The molecule has 0 aliphatic carbocycles. The number of aromatic nitrogens is 3. The summed E-state index contributed by atoms with van der Waals surface area (Å²) in [5, 5.41) is 21.2. The molecule has 21 heavy (non-hydrogen) atoms. The molecule has 0 fully saturated rings. The number of carbonyl (C=O) groups is 1. The van der Waals surface area contributed by atoms with Gasteiger partial charge in [-0.1, -0.05) is 11.8 Å². The van der Waals surface area contributed by atoms with E-state index in [-0.39, 0.29) is 28.0 Å². The van der Waals surface area contributed by atoms with Gasteiger partial charge in [-0.3, -0.25) is 24.2 Å². The van der Waals surface area contributed by atoms with Crippen molar-refractivity contribution in [2.45, 2.75) is 5.16 Å². The molecule has 0 radical (unpaired) electrons. The zero-order valence-corrected chi connectivity index (χ0v) is 11.7. The number of thioether (sulfide) groups is 1. The first-order valence-electron chi connectivity index (χ1n) is 5.74. The first-order valence-corrected chi connectivity index (χ1v) is 6.72. The van der Waals surface area contributed by atoms with E-state index in [1.807, 2.05) is 0 Å². The largest absolute Gasteiger partial charge is 0.508 e. The first kappa shape index (κ1) is 14.9. The van der Waals surface area contributed by atoms with Gasteiger partial charge in [-0.25, -0.2) is 0 Å². The fourth-order valence-corrected chi connectivity index (χ4v) is 2.36. The van der Waals surface area contributed by atoms with Crippen molar-refractivity contribution in [1.29, 1.82) is 0 Å². The standard InChI is InChI=1S/C12H11N3O5S/c1-15-12(13-10(19)11(20)14-15)21-5-9(18)7-3-2-6(16)4-8(7)17/h2-4,16-17H,5H2,1H3,(H,14,20). The second kappa shape index (κ2) is 5.83. The van der Waals surface area contributed by atoms with E-state index in [1.165, 1.54) is 23.9 Å². The Balaban J connectivity index is 2.16. The molecule has 0 bridgehead atoms. The molecule has 1 aromatic heterocycles. The van der Waals surface area contributed by atoms with Crippen molar-refractivity contribution in [3.8, 4) is 11.5 Å². The van der Waals surface area contributed by atoms with Crippen LogP contribution in [0.3, 0.4) is 0 Å². The lowest BCUT2D eigenvalue weighted by Crippen LogP contribution is -2.34. The SMILES string of the molecule is Cn1[nH]c(=O)c(=O)nc1SCC(=O)c1ccc(O)cc1O. The summed E-state index contributed by atoms with van der Waals surface area (Å²) < 4.78 is 1.23. The fourth-order valence-electron chi connectivity index (χ4n) is 1.55. The number of carbonyl (C=O) groups excluding carboxylic acids is 1. The van der Waals surface area contributed by atoms with Crippen molar-refractivity contribution >= 4 is 17.5 Å². The maximum absolute atomic E-state index is 12.0. The molecular formula is C12H11N3O5S. The molecule has 3 N–H and O–H groups in total. The highest BCUT2D eigenvalue weighted by atomic mass is 32.2. The van der Waals surface area contributed by atoms with Gasteiger partial charge in [0, 0.05) is 13.1 Å². The van der Waals surface area contributed by atoms with E-state index in [0.717, 1.165) is 17.8 Å². The van der Waals surface area contributed by atoms with Gasteiger partial charge < -0.3 is 10.2 Å². The third kappa shape index (κ3) is 3.31. The second-order valence-electron chi connectivity index (χ2n) is 4.11. The number of hydrogen-bond acceptors (Lipinski definition) is 7. The van der Waals surface area contributed by atoms with Crippen LogP contribution in [-0.4, -0.2) is 36.5 Å². The number of ketones is 1. The highest BCUT2D eigenvalue weighted by molar-refractivity contribution is 7.99. The Morgan fingerprint density at radius 3 is 2.76 bits per heavy atom. The highest BCUT2D eigenvalue weighted by Gasteiger charge is 2.14. The lowest BCUT2D eigenvalue weighted by Gasteiger charge is -2.06. The van der Waals surface area contributed by atoms with Crippen molar-refractivity contribution in [1.82, 2.24) is 14.8 Å². The van der Waals surface area contributed by atoms with Crippen molar-refractivity contribution in [2.24, 2.45) is 7.05 Å². The van der Waals surface area contributed by atoms with E-state index >= 15 is 0 Å². The molecule has 2 aromatic rings. The Kier molecular flexibility index (Phi) is 4.13. The van der Waals surface area contributed by atoms with Crippen LogP contribution >= 0.6 is 11.8 Å². The van der Waals surface area contributed by atoms with Gasteiger partial charge >= 0.3 is 11.1 Å². The van der Waals surface area contributed by atoms with Crippen LogP contribution in [0.2, 0.25) is 0 Å². The molecule has 0 atom stereocenters. The maximum Gasteiger partial charge on any atom is 0.339 e. The average molecular weight is 309 g/mol. The van der Waals surface area contributed by atoms with Gasteiger partial charge in [-0.2, -0.15) is 4.98 Å². The Morgan fingerprint density at radius 1 is 1.38 bits per heavy atom. The minimum atomic E-state index is -0.935. The number of nitrogens with zero attached hydrogens (tertiary/aromatic N) is 2. The zero-order chi connectivity index (χ0) is 15.6. The molecule has 0 aliphatic rings. The zero-order valence-electron chi connectivity index (χ0n) is 10.9. The lowest BCUT2D eigenvalue weighted by molar-refractivity contribution is 0.102. The van der Waals surface area contributed by atoms with Gasteiger partial charge in [-0.15, -0.1) is 0 Å². The maximum atomic E-state index is 12.0. The average Bonchev–Trinajstić information content (AvgIpc) is 2.41. The van der Waals surface area contributed by atoms with Crippen molar-refractivity contribution < 1.29 is 15.0 Å². The van der Waals surface area contributed by atoms with Gasteiger partial charge in [0.2, 0.25) is 0 Å². The third-order valence-electron chi connectivity index (χ3n) is 2.56. The first-order chi connectivity index (χ1) is 9.88. The molecule has 0 unspecified atom stereocenters. The summed E-state index contributed by atoms with van der Waals surface area (Å²) in [5.41, 5.74) is -1.73. The van der Waals surface area contributed by atoms with Crippen LogP contribution in [0, 0.1) is 0 Å². The van der Waals surface area contributed by atoms with Gasteiger partial charge in [0.25, 0.3) is 0 Å². The Morgan fingerprint density at radius 2 is 2.10 bits per heavy atom. The molecule has 0 saturated carbocycles. The molecule has 2 rings (SSSR count). The molecule has 1 heterocycles. The van der Waals surface area contributed by atoms with Crippen molar-refractivity contribution in [3.63, 3.8) is 0 Å². The molecule has 0 saturated heterocycles. The molecular weight excluding hydrogens is 298 g/mol. The number of aromatic hydroxyl groups is 2. The number of nitrogens with one attached hydrogen (secondary N) is 1. The summed E-state index contributed by atoms with van der Waals surface area (Å²) in [6.45, 7) is 0. The summed E-state index contributed by atoms with van der Waals surface area (Å²) in [7, 11) is 1.48. The number of aromatic amines is 1. The molecule has 1 aromatic carbocycles. The Bertz CT molecular complexity index is 811. The fraction of sp³-hybridized carbons (Fsp3) is 0.167. The molecule has 0 aliphatic heterocycles. The monoisotopic (exact) mass is 309 g/mol. The Hall–Kier alpha value is -2.55. The van der Waals surface area contributed by atoms with E-state index in [1.54, 1.807) is 0 Å². The van der Waals surface area contributed by atoms with E-state index in [4.69, 9.17) is 5.11 Å².